The molecular formula is C17H14F3N3. The molecule has 0 saturated carbocycles. The van der Waals surface area contributed by atoms with Gasteiger partial charge in [-0.1, -0.05) is 24.6 Å². The van der Waals surface area contributed by atoms with Crippen molar-refractivity contribution in [2.24, 2.45) is 0 Å². The molecule has 118 valence electrons. The van der Waals surface area contributed by atoms with E-state index in [1.54, 1.807) is 24.3 Å². The van der Waals surface area contributed by atoms with E-state index in [1.807, 2.05) is 0 Å². The van der Waals surface area contributed by atoms with Gasteiger partial charge in [0, 0.05) is 11.3 Å². The number of alkyl halides is 3. The van der Waals surface area contributed by atoms with E-state index in [9.17, 15) is 13.2 Å². The Morgan fingerprint density at radius 3 is 2.43 bits per heavy atom. The van der Waals surface area contributed by atoms with Crippen LogP contribution in [0.1, 0.15) is 11.1 Å². The first-order valence-corrected chi connectivity index (χ1v) is 6.60. The number of anilines is 2. The van der Waals surface area contributed by atoms with Crippen molar-refractivity contribution in [2.45, 2.75) is 6.18 Å². The first-order valence-electron chi connectivity index (χ1n) is 6.60. The van der Waals surface area contributed by atoms with Gasteiger partial charge < -0.3 is 5.32 Å². The second-order valence-corrected chi connectivity index (χ2v) is 4.66. The van der Waals surface area contributed by atoms with Gasteiger partial charge in [-0.2, -0.15) is 13.2 Å². The van der Waals surface area contributed by atoms with Gasteiger partial charge in [-0.3, -0.25) is 10.9 Å². The van der Waals surface area contributed by atoms with Crippen molar-refractivity contribution in [3.63, 3.8) is 0 Å². The van der Waals surface area contributed by atoms with Crippen molar-refractivity contribution in [1.82, 2.24) is 5.43 Å². The minimum Gasteiger partial charge on any atom is -0.341 e. The lowest BCUT2D eigenvalue weighted by Gasteiger charge is -2.15. The van der Waals surface area contributed by atoms with Crippen LogP contribution >= 0.6 is 0 Å². The molecule has 23 heavy (non-hydrogen) atoms. The normalized spacial score (nSPS) is 10.5. The fraction of sp³-hybridized carbons (Fsp3) is 0.0588. The molecule has 0 saturated heterocycles. The highest BCUT2D eigenvalue weighted by molar-refractivity contribution is 5.52. The van der Waals surface area contributed by atoms with Crippen molar-refractivity contribution < 1.29 is 13.2 Å². The fourth-order valence-corrected chi connectivity index (χ4v) is 1.81. The zero-order valence-electron chi connectivity index (χ0n) is 12.0. The molecule has 0 unspecified atom stereocenters. The maximum Gasteiger partial charge on any atom is 0.416 e. The molecule has 0 heterocycles. The second-order valence-electron chi connectivity index (χ2n) is 4.66. The first kappa shape index (κ1) is 16.3. The lowest BCUT2D eigenvalue weighted by molar-refractivity contribution is -0.137. The Morgan fingerprint density at radius 1 is 1.04 bits per heavy atom. The van der Waals surface area contributed by atoms with E-state index in [1.165, 1.54) is 12.1 Å². The first-order chi connectivity index (χ1) is 10.9. The highest BCUT2D eigenvalue weighted by Crippen LogP contribution is 2.30. The quantitative estimate of drug-likeness (QED) is 0.572. The Morgan fingerprint density at radius 2 is 1.74 bits per heavy atom. The standard InChI is InChI=1S/C17H14F3N3/c1-3-13-6-4-9-16(10-13)23-22-12(2)21-15-8-5-7-14(11-15)17(18,19)20/h1,4-11,21-23H,2H2. The van der Waals surface area contributed by atoms with Gasteiger partial charge >= 0.3 is 6.18 Å². The third kappa shape index (κ3) is 4.71. The van der Waals surface area contributed by atoms with Gasteiger partial charge in [0.15, 0.2) is 0 Å². The minimum absolute atomic E-state index is 0.275. The number of rotatable bonds is 5. The number of halogens is 3. The van der Waals surface area contributed by atoms with E-state index >= 15 is 0 Å². The summed E-state index contributed by atoms with van der Waals surface area (Å²) in [6.45, 7) is 3.69. The summed E-state index contributed by atoms with van der Waals surface area (Å²) in [6.07, 6.45) is 0.918. The second kappa shape index (κ2) is 6.79. The molecule has 2 rings (SSSR count). The van der Waals surface area contributed by atoms with Crippen LogP contribution in [0.4, 0.5) is 24.5 Å². The smallest absolute Gasteiger partial charge is 0.341 e. The lowest BCUT2D eigenvalue weighted by Crippen LogP contribution is -2.24. The molecule has 0 amide bonds. The van der Waals surface area contributed by atoms with Crippen LogP contribution < -0.4 is 16.2 Å². The summed E-state index contributed by atoms with van der Waals surface area (Å²) < 4.78 is 38.0. The van der Waals surface area contributed by atoms with Crippen molar-refractivity contribution >= 4 is 11.4 Å². The molecule has 0 aliphatic rings. The predicted molar refractivity (Wildman–Crippen MR) is 85.3 cm³/mol. The molecule has 0 fully saturated rings. The Labute approximate surface area is 132 Å². The Balaban J connectivity index is 1.96. The maximum absolute atomic E-state index is 12.7. The summed E-state index contributed by atoms with van der Waals surface area (Å²) in [5.74, 6) is 2.79. The molecule has 2 aromatic carbocycles. The Hall–Kier alpha value is -3.07. The van der Waals surface area contributed by atoms with Crippen molar-refractivity contribution in [3.8, 4) is 12.3 Å². The van der Waals surface area contributed by atoms with Crippen LogP contribution in [0, 0.1) is 12.3 Å². The Bertz CT molecular complexity index is 745. The molecule has 6 heteroatoms. The van der Waals surface area contributed by atoms with E-state index in [0.717, 1.165) is 12.1 Å². The number of hydrazine groups is 1. The van der Waals surface area contributed by atoms with Crippen LogP contribution in [0.5, 0.6) is 0 Å². The van der Waals surface area contributed by atoms with Crippen LogP contribution in [-0.2, 0) is 6.18 Å². The average molecular weight is 317 g/mol. The van der Waals surface area contributed by atoms with E-state index < -0.39 is 11.7 Å². The van der Waals surface area contributed by atoms with Crippen molar-refractivity contribution in [3.05, 3.63) is 72.1 Å². The molecule has 0 atom stereocenters. The molecule has 3 N–H and O–H groups in total. The van der Waals surface area contributed by atoms with Gasteiger partial charge in [-0.25, -0.2) is 0 Å². The Kier molecular flexibility index (Phi) is 4.82. The third-order valence-corrected chi connectivity index (χ3v) is 2.87. The van der Waals surface area contributed by atoms with Crippen LogP contribution in [0.3, 0.4) is 0 Å². The molecule has 0 radical (unpaired) electrons. The molecular weight excluding hydrogens is 303 g/mol. The minimum atomic E-state index is -4.39. The largest absolute Gasteiger partial charge is 0.416 e. The van der Waals surface area contributed by atoms with Gasteiger partial charge in [-0.15, -0.1) is 6.42 Å². The van der Waals surface area contributed by atoms with Gasteiger partial charge in [-0.05, 0) is 36.4 Å². The molecule has 2 aromatic rings. The van der Waals surface area contributed by atoms with Crippen LogP contribution in [-0.4, -0.2) is 0 Å². The number of hydrogen-bond donors (Lipinski definition) is 3. The van der Waals surface area contributed by atoms with Gasteiger partial charge in [0.25, 0.3) is 0 Å². The summed E-state index contributed by atoms with van der Waals surface area (Å²) in [5.41, 5.74) is 6.55. The fourth-order valence-electron chi connectivity index (χ4n) is 1.81. The zero-order valence-corrected chi connectivity index (χ0v) is 12.0. The van der Waals surface area contributed by atoms with E-state index in [-0.39, 0.29) is 11.5 Å². The number of benzene rings is 2. The summed E-state index contributed by atoms with van der Waals surface area (Å²) in [6, 6.07) is 11.9. The lowest BCUT2D eigenvalue weighted by atomic mass is 10.2. The predicted octanol–water partition coefficient (Wildman–Crippen LogP) is 4.19. The summed E-state index contributed by atoms with van der Waals surface area (Å²) in [5, 5.41) is 2.74. The van der Waals surface area contributed by atoms with E-state index in [2.05, 4.69) is 28.7 Å². The molecule has 0 bridgehead atoms. The van der Waals surface area contributed by atoms with Crippen LogP contribution in [0.2, 0.25) is 0 Å². The topological polar surface area (TPSA) is 36.1 Å². The summed E-state index contributed by atoms with van der Waals surface area (Å²) >= 11 is 0. The summed E-state index contributed by atoms with van der Waals surface area (Å²) in [4.78, 5) is 0. The number of hydrogen-bond acceptors (Lipinski definition) is 3. The van der Waals surface area contributed by atoms with Gasteiger partial charge in [0.05, 0.1) is 11.3 Å². The van der Waals surface area contributed by atoms with Crippen LogP contribution in [0.15, 0.2) is 60.9 Å². The van der Waals surface area contributed by atoms with Crippen molar-refractivity contribution in [1.29, 1.82) is 0 Å². The highest BCUT2D eigenvalue weighted by Gasteiger charge is 2.30. The molecule has 0 aliphatic heterocycles. The molecule has 3 nitrogen and oxygen atoms in total. The third-order valence-electron chi connectivity index (χ3n) is 2.87. The molecule has 0 aliphatic carbocycles. The van der Waals surface area contributed by atoms with Crippen LogP contribution in [0.25, 0.3) is 0 Å². The van der Waals surface area contributed by atoms with Gasteiger partial charge in [0.2, 0.25) is 0 Å². The monoisotopic (exact) mass is 317 g/mol. The van der Waals surface area contributed by atoms with Gasteiger partial charge in [0.1, 0.15) is 5.82 Å². The van der Waals surface area contributed by atoms with Crippen molar-refractivity contribution in [2.75, 3.05) is 10.7 Å². The molecule has 0 aromatic heterocycles. The molecule has 0 spiro atoms. The number of terminal acetylenes is 1. The number of nitrogens with one attached hydrogen (secondary N) is 3. The SMILES string of the molecule is C#Cc1cccc(NNC(=C)Nc2cccc(C(F)(F)F)c2)c1. The maximum atomic E-state index is 12.7. The zero-order chi connectivity index (χ0) is 16.9. The van der Waals surface area contributed by atoms with E-state index in [4.69, 9.17) is 6.42 Å². The van der Waals surface area contributed by atoms with E-state index in [0.29, 0.717) is 11.3 Å². The summed E-state index contributed by atoms with van der Waals surface area (Å²) in [7, 11) is 0. The highest BCUT2D eigenvalue weighted by atomic mass is 19.4. The average Bonchev–Trinajstić information content (AvgIpc) is 2.52.